The zero-order chi connectivity index (χ0) is 8.43. The van der Waals surface area contributed by atoms with Gasteiger partial charge in [-0.2, -0.15) is 0 Å². The van der Waals surface area contributed by atoms with Crippen molar-refractivity contribution in [2.45, 2.75) is 12.8 Å². The molecule has 1 rings (SSSR count). The third kappa shape index (κ3) is 1.69. The van der Waals surface area contributed by atoms with Crippen LogP contribution >= 0.6 is 9.24 Å². The molecule has 2 N–H and O–H groups in total. The average molecular weight is 171 g/mol. The van der Waals surface area contributed by atoms with E-state index >= 15 is 0 Å². The van der Waals surface area contributed by atoms with E-state index in [2.05, 4.69) is 9.24 Å². The first-order chi connectivity index (χ1) is 5.13. The lowest BCUT2D eigenvalue weighted by Crippen LogP contribution is -1.94. The smallest absolute Gasteiger partial charge is 0.138 e. The van der Waals surface area contributed by atoms with Crippen LogP contribution in [0.4, 0.5) is 10.1 Å². The van der Waals surface area contributed by atoms with E-state index in [4.69, 9.17) is 5.73 Å². The van der Waals surface area contributed by atoms with Crippen LogP contribution < -0.4 is 5.73 Å². The number of halogens is 1. The molecule has 0 aliphatic heterocycles. The first-order valence-corrected chi connectivity index (χ1v) is 4.04. The van der Waals surface area contributed by atoms with Crippen molar-refractivity contribution in [2.24, 2.45) is 0 Å². The van der Waals surface area contributed by atoms with Gasteiger partial charge in [-0.25, -0.2) is 4.39 Å². The fourth-order valence-corrected chi connectivity index (χ4v) is 1.33. The molecule has 1 nitrogen and oxygen atoms in total. The fourth-order valence-electron chi connectivity index (χ4n) is 0.971. The van der Waals surface area contributed by atoms with E-state index in [1.807, 2.05) is 6.92 Å². The molecular formula is C8H11FNP. The standard InChI is InChI=1S/C8H11FNP/c1-5-6(8(9)11)3-2-4-7(5)10/h2-4,8H,10-11H2,1H3. The Labute approximate surface area is 68.0 Å². The van der Waals surface area contributed by atoms with Gasteiger partial charge >= 0.3 is 0 Å². The second-order valence-electron chi connectivity index (χ2n) is 2.46. The second kappa shape index (κ2) is 3.19. The number of nitrogen functional groups attached to an aromatic ring is 1. The summed E-state index contributed by atoms with van der Waals surface area (Å²) in [6.07, 6.45) is 0. The van der Waals surface area contributed by atoms with Crippen molar-refractivity contribution >= 4 is 14.9 Å². The Hall–Kier alpha value is -0.620. The Bertz CT molecular complexity index is 260. The zero-order valence-electron chi connectivity index (χ0n) is 6.34. The Morgan fingerprint density at radius 2 is 2.18 bits per heavy atom. The molecule has 0 bridgehead atoms. The molecule has 0 saturated carbocycles. The summed E-state index contributed by atoms with van der Waals surface area (Å²) in [6.45, 7) is 1.82. The topological polar surface area (TPSA) is 26.0 Å². The Balaban J connectivity index is 3.17. The summed E-state index contributed by atoms with van der Waals surface area (Å²) in [5.74, 6) is -1.02. The maximum atomic E-state index is 12.8. The van der Waals surface area contributed by atoms with Gasteiger partial charge in [-0.05, 0) is 24.1 Å². The van der Waals surface area contributed by atoms with E-state index in [1.165, 1.54) is 0 Å². The summed E-state index contributed by atoms with van der Waals surface area (Å²) in [5.41, 5.74) is 7.71. The molecule has 2 atom stereocenters. The molecule has 0 heterocycles. The first kappa shape index (κ1) is 8.48. The highest BCUT2D eigenvalue weighted by atomic mass is 31.0. The number of alkyl halides is 1. The van der Waals surface area contributed by atoms with Crippen molar-refractivity contribution in [2.75, 3.05) is 5.73 Å². The first-order valence-electron chi connectivity index (χ1n) is 3.37. The van der Waals surface area contributed by atoms with Crippen molar-refractivity contribution in [3.8, 4) is 0 Å². The number of nitrogens with two attached hydrogens (primary N) is 1. The predicted octanol–water partition coefficient (Wildman–Crippen LogP) is 2.42. The number of anilines is 1. The molecule has 1 aromatic carbocycles. The molecule has 0 aliphatic rings. The van der Waals surface area contributed by atoms with Gasteiger partial charge in [0.2, 0.25) is 0 Å². The molecule has 0 saturated heterocycles. The highest BCUT2D eigenvalue weighted by Gasteiger charge is 2.06. The second-order valence-corrected chi connectivity index (χ2v) is 3.05. The van der Waals surface area contributed by atoms with Gasteiger partial charge in [-0.3, -0.25) is 0 Å². The van der Waals surface area contributed by atoms with Crippen LogP contribution in [0.5, 0.6) is 0 Å². The van der Waals surface area contributed by atoms with Crippen LogP contribution in [-0.4, -0.2) is 0 Å². The van der Waals surface area contributed by atoms with E-state index in [9.17, 15) is 4.39 Å². The molecule has 0 fully saturated rings. The molecule has 1 aromatic rings. The van der Waals surface area contributed by atoms with Crippen molar-refractivity contribution < 1.29 is 4.39 Å². The Kier molecular flexibility index (Phi) is 2.45. The number of rotatable bonds is 1. The minimum Gasteiger partial charge on any atom is -0.399 e. The monoisotopic (exact) mass is 171 g/mol. The van der Waals surface area contributed by atoms with Gasteiger partial charge in [0.1, 0.15) is 5.91 Å². The van der Waals surface area contributed by atoms with Crippen molar-refractivity contribution in [3.63, 3.8) is 0 Å². The van der Waals surface area contributed by atoms with Gasteiger partial charge in [0.05, 0.1) is 0 Å². The van der Waals surface area contributed by atoms with E-state index in [0.717, 1.165) is 5.56 Å². The van der Waals surface area contributed by atoms with Gasteiger partial charge < -0.3 is 5.73 Å². The number of benzene rings is 1. The predicted molar refractivity (Wildman–Crippen MR) is 49.2 cm³/mol. The SMILES string of the molecule is Cc1c(N)cccc1C(F)P. The summed E-state index contributed by atoms with van der Waals surface area (Å²) in [5, 5.41) is 0. The zero-order valence-corrected chi connectivity index (χ0v) is 7.50. The quantitative estimate of drug-likeness (QED) is 0.509. The van der Waals surface area contributed by atoms with Crippen molar-refractivity contribution in [1.82, 2.24) is 0 Å². The van der Waals surface area contributed by atoms with Gasteiger partial charge in [-0.1, -0.05) is 21.4 Å². The van der Waals surface area contributed by atoms with Gasteiger partial charge in [0.15, 0.2) is 0 Å². The van der Waals surface area contributed by atoms with Gasteiger partial charge in [-0.15, -0.1) is 0 Å². The molecule has 0 radical (unpaired) electrons. The summed E-state index contributed by atoms with van der Waals surface area (Å²) < 4.78 is 12.8. The van der Waals surface area contributed by atoms with Crippen LogP contribution in [0.15, 0.2) is 18.2 Å². The minimum atomic E-state index is -1.02. The van der Waals surface area contributed by atoms with Crippen LogP contribution in [0.2, 0.25) is 0 Å². The minimum absolute atomic E-state index is 0.646. The van der Waals surface area contributed by atoms with Crippen LogP contribution in [0.1, 0.15) is 17.0 Å². The summed E-state index contributed by atoms with van der Waals surface area (Å²) in [6, 6.07) is 5.27. The molecule has 0 amide bonds. The number of hydrogen-bond donors (Lipinski definition) is 1. The number of hydrogen-bond acceptors (Lipinski definition) is 1. The third-order valence-corrected chi connectivity index (χ3v) is 2.07. The van der Waals surface area contributed by atoms with Gasteiger partial charge in [0.25, 0.3) is 0 Å². The molecule has 2 unspecified atom stereocenters. The van der Waals surface area contributed by atoms with Gasteiger partial charge in [0, 0.05) is 5.69 Å². The highest BCUT2D eigenvalue weighted by molar-refractivity contribution is 7.16. The van der Waals surface area contributed by atoms with Crippen molar-refractivity contribution in [1.29, 1.82) is 0 Å². The largest absolute Gasteiger partial charge is 0.399 e. The van der Waals surface area contributed by atoms with E-state index in [-0.39, 0.29) is 0 Å². The fraction of sp³-hybridized carbons (Fsp3) is 0.250. The molecule has 11 heavy (non-hydrogen) atoms. The lowest BCUT2D eigenvalue weighted by atomic mass is 10.1. The maximum absolute atomic E-state index is 12.8. The summed E-state index contributed by atoms with van der Waals surface area (Å²) >= 11 is 0. The molecule has 0 spiro atoms. The maximum Gasteiger partial charge on any atom is 0.138 e. The van der Waals surface area contributed by atoms with Crippen LogP contribution in [0.3, 0.4) is 0 Å². The van der Waals surface area contributed by atoms with E-state index < -0.39 is 5.91 Å². The summed E-state index contributed by atoms with van der Waals surface area (Å²) in [7, 11) is 2.11. The normalized spacial score (nSPS) is 13.0. The van der Waals surface area contributed by atoms with Crippen molar-refractivity contribution in [3.05, 3.63) is 29.3 Å². The van der Waals surface area contributed by atoms with E-state index in [0.29, 0.717) is 11.3 Å². The molecule has 0 aliphatic carbocycles. The molecule has 60 valence electrons. The Morgan fingerprint density at radius 3 is 2.64 bits per heavy atom. The molecule has 3 heteroatoms. The van der Waals surface area contributed by atoms with E-state index in [1.54, 1.807) is 18.2 Å². The average Bonchev–Trinajstić information content (AvgIpc) is 1.94. The summed E-state index contributed by atoms with van der Waals surface area (Å²) in [4.78, 5) is 0. The highest BCUT2D eigenvalue weighted by Crippen LogP contribution is 2.29. The van der Waals surface area contributed by atoms with Crippen LogP contribution in [0.25, 0.3) is 0 Å². The third-order valence-electron chi connectivity index (χ3n) is 1.71. The Morgan fingerprint density at radius 1 is 1.55 bits per heavy atom. The molecule has 0 aromatic heterocycles. The lowest BCUT2D eigenvalue weighted by Gasteiger charge is -2.07. The molecular weight excluding hydrogens is 160 g/mol. The van der Waals surface area contributed by atoms with Crippen LogP contribution in [-0.2, 0) is 0 Å². The lowest BCUT2D eigenvalue weighted by molar-refractivity contribution is 0.467. The van der Waals surface area contributed by atoms with Crippen LogP contribution in [0, 0.1) is 6.92 Å².